The Morgan fingerprint density at radius 2 is 0.854 bits per heavy atom. The number of ether oxygens (including phenoxy) is 5. The Hall–Kier alpha value is -7.68. The Morgan fingerprint density at radius 1 is 0.506 bits per heavy atom. The molecule has 20 heteroatoms. The van der Waals surface area contributed by atoms with Crippen LogP contribution in [0.15, 0.2) is 127 Å². The first-order chi connectivity index (χ1) is 42.4. The van der Waals surface area contributed by atoms with Crippen LogP contribution in [0.2, 0.25) is 0 Å². The van der Waals surface area contributed by atoms with Crippen LogP contribution in [0.1, 0.15) is 119 Å². The number of benzene rings is 6. The zero-order valence-electron chi connectivity index (χ0n) is 50.5. The van der Waals surface area contributed by atoms with Gasteiger partial charge in [-0.25, -0.2) is 14.4 Å². The predicted molar refractivity (Wildman–Crippen MR) is 347 cm³/mol. The zero-order chi connectivity index (χ0) is 61.0. The van der Waals surface area contributed by atoms with Gasteiger partial charge in [-0.2, -0.15) is 15.8 Å². The van der Waals surface area contributed by atoms with E-state index in [4.69, 9.17) is 23.7 Å². The Kier molecular flexibility index (Phi) is 23.9. The van der Waals surface area contributed by atoms with Crippen molar-refractivity contribution in [2.45, 2.75) is 46.0 Å². The van der Waals surface area contributed by atoms with E-state index in [9.17, 15) is 35.3 Å². The maximum atomic E-state index is 12.8. The maximum Gasteiger partial charge on any atom is 1.00 e. The van der Waals surface area contributed by atoms with Crippen LogP contribution >= 0.6 is 34.0 Å². The van der Waals surface area contributed by atoms with Gasteiger partial charge in [-0.15, -0.1) is 34.0 Å². The number of carboxylic acids is 1. The molecule has 0 bridgehead atoms. The number of anilines is 3. The molecule has 3 saturated heterocycles. The molecule has 6 aromatic carbocycles. The van der Waals surface area contributed by atoms with Crippen molar-refractivity contribution in [2.75, 3.05) is 107 Å². The number of hydrogen-bond acceptors (Lipinski definition) is 18. The van der Waals surface area contributed by atoms with Crippen molar-refractivity contribution in [1.29, 1.82) is 15.8 Å². The number of morpholine rings is 3. The molecular weight excluding hydrogens is 1190 g/mol. The number of rotatable bonds is 14. The summed E-state index contributed by atoms with van der Waals surface area (Å²) in [6.45, 7) is 16.1. The molecule has 89 heavy (non-hydrogen) atoms. The van der Waals surface area contributed by atoms with Crippen molar-refractivity contribution in [3.8, 4) is 18.2 Å². The van der Waals surface area contributed by atoms with Crippen LogP contribution in [0.3, 0.4) is 0 Å². The smallest absolute Gasteiger partial charge is 0.870 e. The minimum absolute atomic E-state index is 0. The van der Waals surface area contributed by atoms with Crippen molar-refractivity contribution < 1.29 is 78.2 Å². The second-order valence-electron chi connectivity index (χ2n) is 21.0. The number of esters is 2. The average Bonchev–Trinajstić information content (AvgIpc) is 1.84. The van der Waals surface area contributed by atoms with Crippen LogP contribution in [0.4, 0.5) is 15.0 Å². The summed E-state index contributed by atoms with van der Waals surface area (Å²) in [6.07, 6.45) is 0.517. The number of fused-ring (bicyclic) bond motifs is 3. The normalized spacial score (nSPS) is 14.5. The summed E-state index contributed by atoms with van der Waals surface area (Å²) in [6, 6.07) is 50.2. The van der Waals surface area contributed by atoms with E-state index in [1.165, 1.54) is 44.8 Å². The molecule has 3 aliphatic rings. The van der Waals surface area contributed by atoms with Crippen molar-refractivity contribution in [3.63, 3.8) is 0 Å². The molecule has 0 radical (unpaired) electrons. The second-order valence-corrected chi connectivity index (χ2v) is 24.0. The zero-order valence-corrected chi connectivity index (χ0v) is 54.9. The van der Waals surface area contributed by atoms with E-state index < -0.39 is 5.97 Å². The summed E-state index contributed by atoms with van der Waals surface area (Å²) in [4.78, 5) is 45.1. The van der Waals surface area contributed by atoms with Gasteiger partial charge in [-0.3, -0.25) is 0 Å². The van der Waals surface area contributed by atoms with Gasteiger partial charge >= 0.3 is 47.5 Å². The third kappa shape index (κ3) is 15.2. The first-order valence-electron chi connectivity index (χ1n) is 29.1. The minimum Gasteiger partial charge on any atom is -0.870 e. The Balaban J connectivity index is 0.000000171. The third-order valence-corrected chi connectivity index (χ3v) is 19.6. The molecule has 6 heterocycles. The van der Waals surface area contributed by atoms with Gasteiger partial charge in [0.25, 0.3) is 0 Å². The number of aromatic carboxylic acids is 1. The van der Waals surface area contributed by atoms with Crippen LogP contribution < -0.4 is 44.3 Å². The van der Waals surface area contributed by atoms with E-state index in [1.54, 1.807) is 13.8 Å². The van der Waals surface area contributed by atoms with Gasteiger partial charge in [-0.1, -0.05) is 141 Å². The van der Waals surface area contributed by atoms with Gasteiger partial charge < -0.3 is 49.0 Å². The molecule has 0 amide bonds. The van der Waals surface area contributed by atoms with Gasteiger partial charge in [0.2, 0.25) is 0 Å². The monoisotopic (exact) mass is 1260 g/mol. The molecule has 16 nitrogen and oxygen atoms in total. The summed E-state index contributed by atoms with van der Waals surface area (Å²) < 4.78 is 26.9. The fourth-order valence-corrected chi connectivity index (χ4v) is 15.1. The van der Waals surface area contributed by atoms with Gasteiger partial charge in [-0.05, 0) is 62.9 Å². The van der Waals surface area contributed by atoms with E-state index in [0.29, 0.717) is 131 Å². The molecule has 3 aliphatic heterocycles. The topological polar surface area (TPSA) is 229 Å². The summed E-state index contributed by atoms with van der Waals surface area (Å²) in [5.41, 5.74) is 6.90. The van der Waals surface area contributed by atoms with Crippen LogP contribution in [-0.2, 0) is 30.1 Å². The second kappa shape index (κ2) is 31.7. The SMILES string of the molecule is CC(c1ccc2ccccc2c1)c1c(C(=O)O)sc(N2CCOCC2)c1C#N.CCOC(=O)c1sc(N2CCOCC2)c(C#N)c1C(C)c1ccc2ccccc2c1.CCOC(=O)c1sc(N2CCOCC2)c(C#N)c1Cc1ccc2ccccc2c1.[Na+].[OH-]. The molecule has 3 aromatic heterocycles. The van der Waals surface area contributed by atoms with Gasteiger partial charge in [0.1, 0.15) is 47.8 Å². The summed E-state index contributed by atoms with van der Waals surface area (Å²) in [7, 11) is 0. The summed E-state index contributed by atoms with van der Waals surface area (Å²) in [5, 5.41) is 49.0. The van der Waals surface area contributed by atoms with E-state index in [-0.39, 0.29) is 63.7 Å². The first-order valence-corrected chi connectivity index (χ1v) is 31.6. The van der Waals surface area contributed by atoms with Crippen LogP contribution in [-0.4, -0.2) is 121 Å². The third-order valence-electron chi connectivity index (χ3n) is 15.8. The predicted octanol–water partition coefficient (Wildman–Crippen LogP) is 10.6. The fourth-order valence-electron chi connectivity index (χ4n) is 11.3. The van der Waals surface area contributed by atoms with Crippen LogP contribution in [0.25, 0.3) is 32.3 Å². The van der Waals surface area contributed by atoms with Gasteiger partial charge in [0.05, 0.1) is 69.5 Å². The van der Waals surface area contributed by atoms with Crippen molar-refractivity contribution in [1.82, 2.24) is 0 Å². The summed E-state index contributed by atoms with van der Waals surface area (Å²) in [5.74, 6) is -2.01. The molecule has 452 valence electrons. The van der Waals surface area contributed by atoms with E-state index in [0.717, 1.165) is 64.4 Å². The number of carboxylic acid groups (broad SMARTS) is 1. The van der Waals surface area contributed by atoms with Crippen LogP contribution in [0.5, 0.6) is 0 Å². The van der Waals surface area contributed by atoms with Crippen LogP contribution in [0, 0.1) is 34.0 Å². The number of hydrogen-bond donors (Lipinski definition) is 1. The van der Waals surface area contributed by atoms with Crippen molar-refractivity contribution in [3.05, 3.63) is 192 Å². The minimum atomic E-state index is -0.983. The van der Waals surface area contributed by atoms with E-state index in [1.807, 2.05) is 67.6 Å². The molecule has 0 saturated carbocycles. The maximum absolute atomic E-state index is 12.8. The standard InChI is InChI=1S/C24H24N2O3S.C23H22N2O3S.C22H20N2O3S.Na.H2O/c1-3-29-24(27)22-21(20(15-25)23(30-22)26-10-12-28-13-11-26)16(2)18-9-8-17-6-4-5-7-19(17)14-18;1-2-28-23(26)21-19(14-16-7-8-17-5-3-4-6-18(17)13-16)20(15-24)22(29-21)25-9-11-27-12-10-25;1-14(16-7-6-15-4-2-3-5-17(15)12-16)19-18(13-23)21(28-20(19)22(25)26)24-8-10-27-11-9-24;;/h4-9,14,16H,3,10-13H2,1-2H3;3-8,13H,2,9-12,14H2,1H3;2-7,12,14H,8-11H2,1H3,(H,25,26);;1H2/q;;;+1;/p-1. The Labute approximate surface area is 552 Å². The Bertz CT molecular complexity index is 4110. The quantitative estimate of drug-likeness (QED) is 0.0788. The van der Waals surface area contributed by atoms with Gasteiger partial charge in [0.15, 0.2) is 0 Å². The number of carbonyl (C=O) groups excluding carboxylic acids is 2. The number of carbonyl (C=O) groups is 3. The van der Waals surface area contributed by atoms with E-state index >= 15 is 0 Å². The molecule has 12 rings (SSSR count). The molecule has 2 N–H and O–H groups in total. The number of thiophene rings is 3. The number of nitriles is 3. The van der Waals surface area contributed by atoms with E-state index in [2.05, 4.69) is 107 Å². The average molecular weight is 1260 g/mol. The largest absolute Gasteiger partial charge is 1.00 e. The van der Waals surface area contributed by atoms with Crippen molar-refractivity contribution >= 4 is 99.2 Å². The Morgan fingerprint density at radius 3 is 1.26 bits per heavy atom. The first kappa shape index (κ1) is 67.3. The molecule has 0 aliphatic carbocycles. The summed E-state index contributed by atoms with van der Waals surface area (Å²) >= 11 is 3.93. The molecule has 9 aromatic rings. The molecule has 3 fully saturated rings. The molecule has 2 unspecified atom stereocenters. The fraction of sp³-hybridized carbons (Fsp3) is 0.304. The molecule has 0 spiro atoms. The van der Waals surface area contributed by atoms with Crippen molar-refractivity contribution in [2.24, 2.45) is 0 Å². The van der Waals surface area contributed by atoms with Gasteiger partial charge in [0, 0.05) is 74.2 Å². The number of nitrogens with zero attached hydrogens (tertiary/aromatic N) is 6. The molecule has 2 atom stereocenters. The molecular formula is C69H67N6NaO10S3.